The van der Waals surface area contributed by atoms with Gasteiger partial charge in [0.05, 0.1) is 18.7 Å². The Morgan fingerprint density at radius 2 is 2.19 bits per heavy atom. The molecule has 0 amide bonds. The van der Waals surface area contributed by atoms with Gasteiger partial charge in [0.2, 0.25) is 0 Å². The first kappa shape index (κ1) is 18.0. The Labute approximate surface area is 132 Å². The molecular formula is C16H28N2O2S. The third kappa shape index (κ3) is 6.04. The molecule has 0 N–H and O–H groups in total. The maximum Gasteiger partial charge on any atom is 0.306 e. The number of hydrogen-bond donors (Lipinski definition) is 0. The summed E-state index contributed by atoms with van der Waals surface area (Å²) in [4.78, 5) is 18.5. The number of esters is 1. The van der Waals surface area contributed by atoms with E-state index in [4.69, 9.17) is 9.72 Å². The standard InChI is InChI=1S/C16H28N2O2S/c1-5-8-11-18(13(4)6-2)16-17-14(12-21-16)9-10-15(19)20-7-3/h12-13H,5-11H2,1-4H3. The molecule has 1 unspecified atom stereocenters. The highest BCUT2D eigenvalue weighted by molar-refractivity contribution is 7.13. The summed E-state index contributed by atoms with van der Waals surface area (Å²) in [6.07, 6.45) is 4.56. The van der Waals surface area contributed by atoms with Crippen molar-refractivity contribution in [2.24, 2.45) is 0 Å². The van der Waals surface area contributed by atoms with Crippen LogP contribution in [-0.4, -0.2) is 30.1 Å². The van der Waals surface area contributed by atoms with Crippen LogP contribution in [0.4, 0.5) is 5.13 Å². The van der Waals surface area contributed by atoms with Crippen molar-refractivity contribution in [2.45, 2.75) is 65.8 Å². The molecule has 0 fully saturated rings. The van der Waals surface area contributed by atoms with Crippen molar-refractivity contribution in [1.82, 2.24) is 4.98 Å². The first-order chi connectivity index (χ1) is 10.1. The molecule has 1 heterocycles. The van der Waals surface area contributed by atoms with Crippen molar-refractivity contribution in [3.63, 3.8) is 0 Å². The minimum atomic E-state index is -0.142. The minimum absolute atomic E-state index is 0.142. The van der Waals surface area contributed by atoms with E-state index < -0.39 is 0 Å². The van der Waals surface area contributed by atoms with Crippen LogP contribution < -0.4 is 4.90 Å². The molecule has 0 radical (unpaired) electrons. The van der Waals surface area contributed by atoms with Crippen molar-refractivity contribution in [2.75, 3.05) is 18.1 Å². The highest BCUT2D eigenvalue weighted by Gasteiger charge is 2.16. The second-order valence-corrected chi connectivity index (χ2v) is 6.07. The summed E-state index contributed by atoms with van der Waals surface area (Å²) in [7, 11) is 0. The third-order valence-electron chi connectivity index (χ3n) is 3.55. The zero-order chi connectivity index (χ0) is 15.7. The van der Waals surface area contributed by atoms with Crippen LogP contribution >= 0.6 is 11.3 Å². The normalized spacial score (nSPS) is 12.2. The highest BCUT2D eigenvalue weighted by Crippen LogP contribution is 2.24. The Balaban J connectivity index is 2.63. The maximum atomic E-state index is 11.4. The number of rotatable bonds is 10. The van der Waals surface area contributed by atoms with Crippen LogP contribution in [0.5, 0.6) is 0 Å². The predicted molar refractivity (Wildman–Crippen MR) is 89.1 cm³/mol. The van der Waals surface area contributed by atoms with Crippen molar-refractivity contribution < 1.29 is 9.53 Å². The van der Waals surface area contributed by atoms with E-state index in [9.17, 15) is 4.79 Å². The zero-order valence-corrected chi connectivity index (χ0v) is 14.5. The van der Waals surface area contributed by atoms with Crippen LogP contribution in [-0.2, 0) is 16.0 Å². The van der Waals surface area contributed by atoms with Gasteiger partial charge in [0.25, 0.3) is 0 Å². The molecule has 1 atom stereocenters. The van der Waals surface area contributed by atoms with Gasteiger partial charge in [-0.2, -0.15) is 0 Å². The molecule has 0 saturated carbocycles. The monoisotopic (exact) mass is 312 g/mol. The summed E-state index contributed by atoms with van der Waals surface area (Å²) in [6.45, 7) is 9.99. The first-order valence-electron chi connectivity index (χ1n) is 7.98. The van der Waals surface area contributed by atoms with Gasteiger partial charge >= 0.3 is 5.97 Å². The number of aryl methyl sites for hydroxylation is 1. The Kier molecular flexibility index (Phi) is 8.35. The first-order valence-corrected chi connectivity index (χ1v) is 8.86. The number of ether oxygens (including phenoxy) is 1. The van der Waals surface area contributed by atoms with E-state index in [1.807, 2.05) is 6.92 Å². The molecule has 0 spiro atoms. The molecule has 0 aliphatic carbocycles. The second-order valence-electron chi connectivity index (χ2n) is 5.23. The van der Waals surface area contributed by atoms with Crippen LogP contribution in [0, 0.1) is 0 Å². The summed E-state index contributed by atoms with van der Waals surface area (Å²) < 4.78 is 4.95. The lowest BCUT2D eigenvalue weighted by Crippen LogP contribution is -2.33. The quantitative estimate of drug-likeness (QED) is 0.611. The van der Waals surface area contributed by atoms with Gasteiger partial charge in [0.15, 0.2) is 5.13 Å². The Bertz CT molecular complexity index is 420. The minimum Gasteiger partial charge on any atom is -0.466 e. The fourth-order valence-electron chi connectivity index (χ4n) is 2.06. The lowest BCUT2D eigenvalue weighted by Gasteiger charge is -2.28. The van der Waals surface area contributed by atoms with Crippen LogP contribution in [0.1, 0.15) is 59.1 Å². The van der Waals surface area contributed by atoms with Gasteiger partial charge in [-0.05, 0) is 26.7 Å². The fourth-order valence-corrected chi connectivity index (χ4v) is 3.05. The average Bonchev–Trinajstić information content (AvgIpc) is 2.94. The lowest BCUT2D eigenvalue weighted by molar-refractivity contribution is -0.143. The number of hydrogen-bond acceptors (Lipinski definition) is 5. The summed E-state index contributed by atoms with van der Waals surface area (Å²) in [6, 6.07) is 0.501. The Morgan fingerprint density at radius 1 is 1.43 bits per heavy atom. The number of thiazole rings is 1. The van der Waals surface area contributed by atoms with Crippen LogP contribution in [0.3, 0.4) is 0 Å². The molecular weight excluding hydrogens is 284 g/mol. The van der Waals surface area contributed by atoms with Gasteiger partial charge in [0.1, 0.15) is 0 Å². The summed E-state index contributed by atoms with van der Waals surface area (Å²) in [5.74, 6) is -0.142. The largest absolute Gasteiger partial charge is 0.466 e. The van der Waals surface area contributed by atoms with Crippen LogP contribution in [0.25, 0.3) is 0 Å². The molecule has 0 aliphatic heterocycles. The second kappa shape index (κ2) is 9.77. The number of carbonyl (C=O) groups excluding carboxylic acids is 1. The van der Waals surface area contributed by atoms with Gasteiger partial charge in [-0.25, -0.2) is 4.98 Å². The molecule has 1 aromatic rings. The summed E-state index contributed by atoms with van der Waals surface area (Å²) in [5, 5.41) is 3.15. The van der Waals surface area contributed by atoms with Gasteiger partial charge in [-0.1, -0.05) is 20.3 Å². The van der Waals surface area contributed by atoms with Gasteiger partial charge in [-0.15, -0.1) is 11.3 Å². The molecule has 0 aromatic carbocycles. The highest BCUT2D eigenvalue weighted by atomic mass is 32.1. The zero-order valence-electron chi connectivity index (χ0n) is 13.7. The number of carbonyl (C=O) groups is 1. The smallest absolute Gasteiger partial charge is 0.306 e. The van der Waals surface area contributed by atoms with E-state index in [1.54, 1.807) is 11.3 Å². The van der Waals surface area contributed by atoms with E-state index >= 15 is 0 Å². The van der Waals surface area contributed by atoms with Crippen LogP contribution in [0.2, 0.25) is 0 Å². The lowest BCUT2D eigenvalue weighted by atomic mass is 10.2. The topological polar surface area (TPSA) is 42.4 Å². The molecule has 5 heteroatoms. The molecule has 21 heavy (non-hydrogen) atoms. The van der Waals surface area contributed by atoms with Crippen molar-refractivity contribution in [3.8, 4) is 0 Å². The van der Waals surface area contributed by atoms with Crippen molar-refractivity contribution in [3.05, 3.63) is 11.1 Å². The van der Waals surface area contributed by atoms with Gasteiger partial charge < -0.3 is 9.64 Å². The number of aromatic nitrogens is 1. The third-order valence-corrected chi connectivity index (χ3v) is 4.48. The van der Waals surface area contributed by atoms with E-state index in [0.717, 1.165) is 23.8 Å². The molecule has 0 saturated heterocycles. The van der Waals surface area contributed by atoms with Crippen molar-refractivity contribution in [1.29, 1.82) is 0 Å². The predicted octanol–water partition coefficient (Wildman–Crippen LogP) is 4.04. The maximum absolute atomic E-state index is 11.4. The Morgan fingerprint density at radius 3 is 2.81 bits per heavy atom. The SMILES string of the molecule is CCCCN(c1nc(CCC(=O)OCC)cs1)C(C)CC. The Hall–Kier alpha value is -1.10. The molecule has 1 rings (SSSR count). The van der Waals surface area contributed by atoms with E-state index in [-0.39, 0.29) is 5.97 Å². The average molecular weight is 312 g/mol. The molecule has 0 aliphatic rings. The molecule has 0 bridgehead atoms. The van der Waals surface area contributed by atoms with Gasteiger partial charge in [-0.3, -0.25) is 4.79 Å². The molecule has 4 nitrogen and oxygen atoms in total. The van der Waals surface area contributed by atoms with Gasteiger partial charge in [0, 0.05) is 24.4 Å². The molecule has 120 valence electrons. The summed E-state index contributed by atoms with van der Waals surface area (Å²) in [5.41, 5.74) is 0.993. The van der Waals surface area contributed by atoms with Crippen LogP contribution in [0.15, 0.2) is 5.38 Å². The molecule has 1 aromatic heterocycles. The number of nitrogens with zero attached hydrogens (tertiary/aromatic N) is 2. The van der Waals surface area contributed by atoms with Crippen molar-refractivity contribution >= 4 is 22.4 Å². The fraction of sp³-hybridized carbons (Fsp3) is 0.750. The van der Waals surface area contributed by atoms with E-state index in [1.165, 1.54) is 12.8 Å². The van der Waals surface area contributed by atoms with E-state index in [2.05, 4.69) is 31.1 Å². The number of unbranched alkanes of at least 4 members (excludes halogenated alkanes) is 1. The van der Waals surface area contributed by atoms with E-state index in [0.29, 0.717) is 25.5 Å². The summed E-state index contributed by atoms with van der Waals surface area (Å²) >= 11 is 1.68. The number of anilines is 1.